The van der Waals surface area contributed by atoms with E-state index >= 15 is 0 Å². The van der Waals surface area contributed by atoms with Gasteiger partial charge in [0.2, 0.25) is 0 Å². The molecule has 9 heteroatoms. The molecule has 7 nitrogen and oxygen atoms in total. The summed E-state index contributed by atoms with van der Waals surface area (Å²) in [5.41, 5.74) is 2.25. The summed E-state index contributed by atoms with van der Waals surface area (Å²) >= 11 is 6.61. The van der Waals surface area contributed by atoms with Gasteiger partial charge in [-0.1, -0.05) is 36.1 Å². The fraction of sp³-hybridized carbons (Fsp3) is 0.0909. The van der Waals surface area contributed by atoms with Gasteiger partial charge in [0, 0.05) is 12.1 Å². The maximum Gasteiger partial charge on any atom is 0.273 e. The molecule has 0 unspecified atom stereocenters. The molecule has 3 aromatic rings. The van der Waals surface area contributed by atoms with Crippen LogP contribution in [-0.4, -0.2) is 22.3 Å². The SMILES string of the molecule is COc1cc([N+](=O)[O-])ccc1-c1ccc(C=C2SC(=S)N(c3cccc(C)c3)C2=O)o1. The zero-order valence-corrected chi connectivity index (χ0v) is 18.2. The topological polar surface area (TPSA) is 85.8 Å². The van der Waals surface area contributed by atoms with Crippen LogP contribution in [-0.2, 0) is 4.79 Å². The van der Waals surface area contributed by atoms with Gasteiger partial charge in [0.1, 0.15) is 17.3 Å². The molecule has 0 N–H and O–H groups in total. The molecule has 1 aliphatic heterocycles. The number of hydrogen-bond acceptors (Lipinski definition) is 7. The van der Waals surface area contributed by atoms with Crippen LogP contribution in [0.4, 0.5) is 11.4 Å². The van der Waals surface area contributed by atoms with Gasteiger partial charge in [-0.05, 0) is 42.8 Å². The minimum absolute atomic E-state index is 0.0767. The Bertz CT molecular complexity index is 1250. The molecular weight excluding hydrogens is 436 g/mol. The van der Waals surface area contributed by atoms with Crippen molar-refractivity contribution in [2.75, 3.05) is 12.0 Å². The summed E-state index contributed by atoms with van der Waals surface area (Å²) in [5.74, 6) is 1.03. The van der Waals surface area contributed by atoms with E-state index in [0.29, 0.717) is 32.1 Å². The minimum atomic E-state index is -0.490. The standard InChI is InChI=1S/C22H16N2O5S2/c1-13-4-3-5-14(10-13)23-21(25)20(31-22(23)30)12-16-7-9-18(29-16)17-8-6-15(24(26)27)11-19(17)28-2/h3-12H,1-2H3. The summed E-state index contributed by atoms with van der Waals surface area (Å²) in [4.78, 5) is 25.4. The van der Waals surface area contributed by atoms with E-state index in [-0.39, 0.29) is 11.6 Å². The average Bonchev–Trinajstić information content (AvgIpc) is 3.31. The molecule has 1 aliphatic rings. The number of amides is 1. The van der Waals surface area contributed by atoms with E-state index in [1.807, 2.05) is 31.2 Å². The number of aryl methyl sites for hydroxylation is 1. The molecule has 0 atom stereocenters. The first-order valence-electron chi connectivity index (χ1n) is 9.14. The van der Waals surface area contributed by atoms with Crippen molar-refractivity contribution < 1.29 is 18.9 Å². The van der Waals surface area contributed by atoms with E-state index in [2.05, 4.69) is 0 Å². The predicted molar refractivity (Wildman–Crippen MR) is 124 cm³/mol. The molecule has 156 valence electrons. The highest BCUT2D eigenvalue weighted by Gasteiger charge is 2.33. The average molecular weight is 453 g/mol. The summed E-state index contributed by atoms with van der Waals surface area (Å²) in [6.45, 7) is 1.95. The minimum Gasteiger partial charge on any atom is -0.496 e. The first-order chi connectivity index (χ1) is 14.9. The normalized spacial score (nSPS) is 15.0. The highest BCUT2D eigenvalue weighted by molar-refractivity contribution is 8.27. The fourth-order valence-electron chi connectivity index (χ4n) is 3.16. The number of anilines is 1. The maximum absolute atomic E-state index is 12.9. The number of non-ortho nitro benzene ring substituents is 1. The molecule has 1 aromatic heterocycles. The van der Waals surface area contributed by atoms with Gasteiger partial charge in [0.05, 0.1) is 34.3 Å². The van der Waals surface area contributed by atoms with Crippen molar-refractivity contribution in [3.05, 3.63) is 80.9 Å². The number of ether oxygens (including phenoxy) is 1. The van der Waals surface area contributed by atoms with E-state index in [1.165, 1.54) is 35.9 Å². The van der Waals surface area contributed by atoms with Crippen molar-refractivity contribution in [1.82, 2.24) is 0 Å². The third-order valence-corrected chi connectivity index (χ3v) is 5.92. The highest BCUT2D eigenvalue weighted by Crippen LogP contribution is 2.38. The number of methoxy groups -OCH3 is 1. The van der Waals surface area contributed by atoms with Crippen LogP contribution in [0.2, 0.25) is 0 Å². The van der Waals surface area contributed by atoms with Gasteiger partial charge >= 0.3 is 0 Å². The molecule has 1 fully saturated rings. The lowest BCUT2D eigenvalue weighted by molar-refractivity contribution is -0.384. The summed E-state index contributed by atoms with van der Waals surface area (Å²) in [7, 11) is 1.43. The van der Waals surface area contributed by atoms with Crippen LogP contribution in [0.1, 0.15) is 11.3 Å². The lowest BCUT2D eigenvalue weighted by Crippen LogP contribution is -2.27. The lowest BCUT2D eigenvalue weighted by Gasteiger charge is -2.14. The van der Waals surface area contributed by atoms with E-state index < -0.39 is 4.92 Å². The molecule has 31 heavy (non-hydrogen) atoms. The Kier molecular flexibility index (Phi) is 5.62. The van der Waals surface area contributed by atoms with Crippen molar-refractivity contribution in [2.45, 2.75) is 6.92 Å². The van der Waals surface area contributed by atoms with Gasteiger partial charge in [0.15, 0.2) is 4.32 Å². The second-order valence-corrected chi connectivity index (χ2v) is 8.38. The van der Waals surface area contributed by atoms with Crippen LogP contribution in [0.5, 0.6) is 5.75 Å². The number of nitrogens with zero attached hydrogens (tertiary/aromatic N) is 2. The van der Waals surface area contributed by atoms with Gasteiger partial charge in [-0.2, -0.15) is 0 Å². The molecule has 1 amide bonds. The Labute approximate surface area is 187 Å². The van der Waals surface area contributed by atoms with Crippen molar-refractivity contribution in [3.8, 4) is 17.1 Å². The van der Waals surface area contributed by atoms with Crippen LogP contribution in [0.25, 0.3) is 17.4 Å². The summed E-state index contributed by atoms with van der Waals surface area (Å²) < 4.78 is 11.6. The predicted octanol–water partition coefficient (Wildman–Crippen LogP) is 5.58. The van der Waals surface area contributed by atoms with Crippen LogP contribution in [0.3, 0.4) is 0 Å². The van der Waals surface area contributed by atoms with Gasteiger partial charge in [-0.15, -0.1) is 0 Å². The molecule has 2 heterocycles. The van der Waals surface area contributed by atoms with Crippen molar-refractivity contribution in [2.24, 2.45) is 0 Å². The Morgan fingerprint density at radius 2 is 2.00 bits per heavy atom. The van der Waals surface area contributed by atoms with Gasteiger partial charge in [-0.3, -0.25) is 19.8 Å². The zero-order chi connectivity index (χ0) is 22.1. The molecular formula is C22H16N2O5S2. The molecule has 0 spiro atoms. The van der Waals surface area contributed by atoms with E-state index in [4.69, 9.17) is 21.4 Å². The number of furan rings is 1. The van der Waals surface area contributed by atoms with Crippen molar-refractivity contribution in [1.29, 1.82) is 0 Å². The fourth-order valence-corrected chi connectivity index (χ4v) is 4.44. The number of nitro groups is 1. The molecule has 0 bridgehead atoms. The van der Waals surface area contributed by atoms with Gasteiger partial charge in [0.25, 0.3) is 11.6 Å². The maximum atomic E-state index is 12.9. The first-order valence-corrected chi connectivity index (χ1v) is 10.4. The monoisotopic (exact) mass is 452 g/mol. The van der Waals surface area contributed by atoms with Gasteiger partial charge in [-0.25, -0.2) is 0 Å². The number of carbonyl (C=O) groups excluding carboxylic acids is 1. The lowest BCUT2D eigenvalue weighted by atomic mass is 10.1. The molecule has 4 rings (SSSR count). The smallest absolute Gasteiger partial charge is 0.273 e. The van der Waals surface area contributed by atoms with Crippen LogP contribution < -0.4 is 9.64 Å². The van der Waals surface area contributed by atoms with Crippen LogP contribution >= 0.6 is 24.0 Å². The number of thioether (sulfide) groups is 1. The number of carbonyl (C=O) groups is 1. The Balaban J connectivity index is 1.63. The van der Waals surface area contributed by atoms with Crippen LogP contribution in [0, 0.1) is 17.0 Å². The molecule has 0 saturated carbocycles. The molecule has 0 aliphatic carbocycles. The molecule has 0 radical (unpaired) electrons. The summed E-state index contributed by atoms with van der Waals surface area (Å²) in [5, 5.41) is 11.0. The molecule has 2 aromatic carbocycles. The van der Waals surface area contributed by atoms with Crippen molar-refractivity contribution >= 4 is 51.7 Å². The Morgan fingerprint density at radius 1 is 1.19 bits per heavy atom. The summed E-state index contributed by atoms with van der Waals surface area (Å²) in [6, 6.07) is 15.3. The number of nitro benzene ring substituents is 1. The Morgan fingerprint density at radius 3 is 2.71 bits per heavy atom. The molecule has 1 saturated heterocycles. The van der Waals surface area contributed by atoms with Gasteiger partial charge < -0.3 is 9.15 Å². The Hall–Kier alpha value is -3.43. The highest BCUT2D eigenvalue weighted by atomic mass is 32.2. The van der Waals surface area contributed by atoms with Crippen LogP contribution in [0.15, 0.2) is 63.9 Å². The largest absolute Gasteiger partial charge is 0.496 e. The number of benzene rings is 2. The second-order valence-electron chi connectivity index (χ2n) is 6.70. The number of thiocarbonyl (C=S) groups is 1. The van der Waals surface area contributed by atoms with Crippen molar-refractivity contribution in [3.63, 3.8) is 0 Å². The first kappa shape index (κ1) is 20.8. The van der Waals surface area contributed by atoms with E-state index in [1.54, 1.807) is 24.3 Å². The third-order valence-electron chi connectivity index (χ3n) is 4.62. The summed E-state index contributed by atoms with van der Waals surface area (Å²) in [6.07, 6.45) is 1.64. The second kappa shape index (κ2) is 8.37. The number of rotatable bonds is 5. The zero-order valence-electron chi connectivity index (χ0n) is 16.5. The quantitative estimate of drug-likeness (QED) is 0.216. The van der Waals surface area contributed by atoms with E-state index in [9.17, 15) is 14.9 Å². The number of hydrogen-bond donors (Lipinski definition) is 0. The third kappa shape index (κ3) is 4.10. The van der Waals surface area contributed by atoms with E-state index in [0.717, 1.165) is 11.3 Å².